The second kappa shape index (κ2) is 8.79. The van der Waals surface area contributed by atoms with Crippen molar-refractivity contribution < 1.29 is 4.79 Å². The summed E-state index contributed by atoms with van der Waals surface area (Å²) < 4.78 is 0. The van der Waals surface area contributed by atoms with Gasteiger partial charge < -0.3 is 10.2 Å². The quantitative estimate of drug-likeness (QED) is 0.841. The normalized spacial score (nSPS) is 16.1. The van der Waals surface area contributed by atoms with Gasteiger partial charge in [-0.2, -0.15) is 0 Å². The first-order valence-electron chi connectivity index (χ1n) is 9.14. The first-order chi connectivity index (χ1) is 12.6. The Labute approximate surface area is 156 Å². The number of carbonyl (C=O) groups is 1. The van der Waals surface area contributed by atoms with Crippen LogP contribution in [-0.2, 0) is 11.3 Å². The van der Waals surface area contributed by atoms with Gasteiger partial charge in [0.2, 0.25) is 5.91 Å². The smallest absolute Gasteiger partial charge is 0.248 e. The predicted molar refractivity (Wildman–Crippen MR) is 108 cm³/mol. The summed E-state index contributed by atoms with van der Waals surface area (Å²) in [6, 6.07) is 16.2. The Morgan fingerprint density at radius 2 is 1.85 bits per heavy atom. The molecule has 4 nitrogen and oxygen atoms in total. The number of piperazine rings is 1. The highest BCUT2D eigenvalue weighted by atomic mass is 16.1. The number of aryl methyl sites for hydroxylation is 1. The number of likely N-dealkylation sites (N-methyl/N-ethyl adjacent to an activating group) is 1. The van der Waals surface area contributed by atoms with Gasteiger partial charge in [0.05, 0.1) is 0 Å². The first-order valence-corrected chi connectivity index (χ1v) is 9.14. The van der Waals surface area contributed by atoms with Gasteiger partial charge in [-0.25, -0.2) is 0 Å². The molecule has 0 radical (unpaired) electrons. The van der Waals surface area contributed by atoms with Crippen LogP contribution >= 0.6 is 0 Å². The van der Waals surface area contributed by atoms with E-state index in [2.05, 4.69) is 40.4 Å². The summed E-state index contributed by atoms with van der Waals surface area (Å²) in [6.07, 6.45) is 3.43. The van der Waals surface area contributed by atoms with Gasteiger partial charge in [-0.05, 0) is 43.3 Å². The molecular formula is C22H27N3O. The third-order valence-corrected chi connectivity index (χ3v) is 4.67. The van der Waals surface area contributed by atoms with E-state index in [0.717, 1.165) is 44.0 Å². The fourth-order valence-corrected chi connectivity index (χ4v) is 3.14. The largest absolute Gasteiger partial charge is 0.323 e. The van der Waals surface area contributed by atoms with Gasteiger partial charge in [0, 0.05) is 44.5 Å². The molecule has 2 aromatic rings. The fourth-order valence-electron chi connectivity index (χ4n) is 3.14. The van der Waals surface area contributed by atoms with E-state index >= 15 is 0 Å². The van der Waals surface area contributed by atoms with E-state index in [4.69, 9.17) is 0 Å². The highest BCUT2D eigenvalue weighted by molar-refractivity contribution is 6.01. The molecule has 0 spiro atoms. The molecule has 0 bridgehead atoms. The van der Waals surface area contributed by atoms with E-state index in [1.165, 1.54) is 11.1 Å². The molecule has 0 unspecified atom stereocenters. The maximum Gasteiger partial charge on any atom is 0.248 e. The Hall–Kier alpha value is -2.43. The third-order valence-electron chi connectivity index (χ3n) is 4.67. The number of rotatable bonds is 5. The SMILES string of the molecule is Cc1cccc(/C=C/C(=O)Nc2cccc(CN3CCN(C)CC3)c2)c1. The standard InChI is InChI=1S/C22H27N3O/c1-18-5-3-6-19(15-18)9-10-22(26)23-21-8-4-7-20(16-21)17-25-13-11-24(2)12-14-25/h3-10,15-16H,11-14,17H2,1-2H3,(H,23,26)/b10-9+. The number of hydrogen-bond donors (Lipinski definition) is 1. The number of amides is 1. The summed E-state index contributed by atoms with van der Waals surface area (Å²) in [4.78, 5) is 17.0. The molecule has 136 valence electrons. The van der Waals surface area contributed by atoms with Crippen molar-refractivity contribution in [2.24, 2.45) is 0 Å². The average molecular weight is 349 g/mol. The lowest BCUT2D eigenvalue weighted by molar-refractivity contribution is -0.111. The minimum atomic E-state index is -0.108. The van der Waals surface area contributed by atoms with Gasteiger partial charge >= 0.3 is 0 Å². The Morgan fingerprint density at radius 3 is 2.62 bits per heavy atom. The van der Waals surface area contributed by atoms with Crippen molar-refractivity contribution in [2.45, 2.75) is 13.5 Å². The zero-order chi connectivity index (χ0) is 18.4. The summed E-state index contributed by atoms with van der Waals surface area (Å²) >= 11 is 0. The molecule has 0 aliphatic carbocycles. The van der Waals surface area contributed by atoms with Crippen molar-refractivity contribution in [3.05, 3.63) is 71.3 Å². The molecule has 0 atom stereocenters. The van der Waals surface area contributed by atoms with Crippen molar-refractivity contribution in [3.8, 4) is 0 Å². The van der Waals surface area contributed by atoms with Crippen LogP contribution < -0.4 is 5.32 Å². The van der Waals surface area contributed by atoms with Crippen molar-refractivity contribution in [3.63, 3.8) is 0 Å². The minimum absolute atomic E-state index is 0.108. The number of anilines is 1. The van der Waals surface area contributed by atoms with Gasteiger partial charge in [-0.3, -0.25) is 9.69 Å². The zero-order valence-corrected chi connectivity index (χ0v) is 15.6. The van der Waals surface area contributed by atoms with Crippen LogP contribution in [0.15, 0.2) is 54.6 Å². The van der Waals surface area contributed by atoms with Crippen LogP contribution in [0.2, 0.25) is 0 Å². The maximum atomic E-state index is 12.2. The first kappa shape index (κ1) is 18.4. The van der Waals surface area contributed by atoms with Crippen molar-refractivity contribution in [1.29, 1.82) is 0 Å². The van der Waals surface area contributed by atoms with Crippen molar-refractivity contribution in [1.82, 2.24) is 9.80 Å². The summed E-state index contributed by atoms with van der Waals surface area (Å²) in [7, 11) is 2.16. The summed E-state index contributed by atoms with van der Waals surface area (Å²) in [6.45, 7) is 7.37. The molecule has 26 heavy (non-hydrogen) atoms. The molecule has 1 heterocycles. The van der Waals surface area contributed by atoms with Crippen LogP contribution in [0.5, 0.6) is 0 Å². The van der Waals surface area contributed by atoms with Crippen molar-refractivity contribution >= 4 is 17.7 Å². The molecule has 1 aliphatic rings. The van der Waals surface area contributed by atoms with Gasteiger partial charge in [-0.15, -0.1) is 0 Å². The van der Waals surface area contributed by atoms with Crippen LogP contribution in [0.4, 0.5) is 5.69 Å². The zero-order valence-electron chi connectivity index (χ0n) is 15.6. The van der Waals surface area contributed by atoms with Crippen LogP contribution in [0.3, 0.4) is 0 Å². The summed E-state index contributed by atoms with van der Waals surface area (Å²) in [5.41, 5.74) is 4.29. The monoisotopic (exact) mass is 349 g/mol. The van der Waals surface area contributed by atoms with E-state index in [1.807, 2.05) is 43.3 Å². The molecule has 1 aliphatic heterocycles. The maximum absolute atomic E-state index is 12.2. The van der Waals surface area contributed by atoms with E-state index in [9.17, 15) is 4.79 Å². The number of nitrogens with one attached hydrogen (secondary N) is 1. The molecular weight excluding hydrogens is 322 g/mol. The highest BCUT2D eigenvalue weighted by Crippen LogP contribution is 2.14. The average Bonchev–Trinajstić information content (AvgIpc) is 2.62. The lowest BCUT2D eigenvalue weighted by Crippen LogP contribution is -2.43. The van der Waals surface area contributed by atoms with E-state index < -0.39 is 0 Å². The molecule has 0 aromatic heterocycles. The van der Waals surface area contributed by atoms with Crippen molar-refractivity contribution in [2.75, 3.05) is 38.5 Å². The van der Waals surface area contributed by atoms with Crippen LogP contribution in [-0.4, -0.2) is 48.9 Å². The third kappa shape index (κ3) is 5.55. The Balaban J connectivity index is 1.57. The van der Waals surface area contributed by atoms with Gasteiger partial charge in [0.25, 0.3) is 0 Å². The molecule has 2 aromatic carbocycles. The number of hydrogen-bond acceptors (Lipinski definition) is 3. The number of nitrogens with zero attached hydrogens (tertiary/aromatic N) is 2. The molecule has 3 rings (SSSR count). The van der Waals surface area contributed by atoms with E-state index in [-0.39, 0.29) is 5.91 Å². The van der Waals surface area contributed by atoms with Gasteiger partial charge in [-0.1, -0.05) is 42.0 Å². The summed E-state index contributed by atoms with van der Waals surface area (Å²) in [5.74, 6) is -0.108. The molecule has 1 N–H and O–H groups in total. The van der Waals surface area contributed by atoms with Gasteiger partial charge in [0.15, 0.2) is 0 Å². The molecule has 4 heteroatoms. The molecule has 0 saturated carbocycles. The molecule has 1 amide bonds. The van der Waals surface area contributed by atoms with Crippen LogP contribution in [0, 0.1) is 6.92 Å². The van der Waals surface area contributed by atoms with Gasteiger partial charge in [0.1, 0.15) is 0 Å². The fraction of sp³-hybridized carbons (Fsp3) is 0.318. The Kier molecular flexibility index (Phi) is 6.21. The molecule has 1 saturated heterocycles. The number of benzene rings is 2. The van der Waals surface area contributed by atoms with Crippen LogP contribution in [0.25, 0.3) is 6.08 Å². The Morgan fingerprint density at radius 1 is 1.08 bits per heavy atom. The highest BCUT2D eigenvalue weighted by Gasteiger charge is 2.13. The Bertz CT molecular complexity index is 776. The van der Waals surface area contributed by atoms with Crippen LogP contribution in [0.1, 0.15) is 16.7 Å². The second-order valence-corrected chi connectivity index (χ2v) is 7.02. The predicted octanol–water partition coefficient (Wildman–Crippen LogP) is 3.39. The second-order valence-electron chi connectivity index (χ2n) is 7.02. The van der Waals surface area contributed by atoms with E-state index in [1.54, 1.807) is 6.08 Å². The van der Waals surface area contributed by atoms with E-state index in [0.29, 0.717) is 0 Å². The minimum Gasteiger partial charge on any atom is -0.323 e. The number of carbonyl (C=O) groups excluding carboxylic acids is 1. The lowest BCUT2D eigenvalue weighted by atomic mass is 10.1. The lowest BCUT2D eigenvalue weighted by Gasteiger charge is -2.32. The molecule has 1 fully saturated rings. The topological polar surface area (TPSA) is 35.6 Å². The summed E-state index contributed by atoms with van der Waals surface area (Å²) in [5, 5.41) is 2.96.